The number of benzene rings is 1. The van der Waals surface area contributed by atoms with Gasteiger partial charge in [0.2, 0.25) is 0 Å². The highest BCUT2D eigenvalue weighted by Crippen LogP contribution is 2.29. The first-order chi connectivity index (χ1) is 7.45. The van der Waals surface area contributed by atoms with Crippen LogP contribution in [0.2, 0.25) is 0 Å². The molecule has 1 rings (SSSR count). The van der Waals surface area contributed by atoms with Crippen molar-refractivity contribution in [2.45, 2.75) is 6.18 Å². The van der Waals surface area contributed by atoms with E-state index < -0.39 is 11.7 Å². The summed E-state index contributed by atoms with van der Waals surface area (Å²) in [5.41, 5.74) is -0.257. The van der Waals surface area contributed by atoms with E-state index >= 15 is 0 Å². The molecule has 0 saturated heterocycles. The van der Waals surface area contributed by atoms with Crippen LogP contribution in [-0.4, -0.2) is 18.3 Å². The van der Waals surface area contributed by atoms with Crippen LogP contribution >= 0.6 is 0 Å². The zero-order valence-corrected chi connectivity index (χ0v) is 8.42. The average molecular weight is 232 g/mol. The van der Waals surface area contributed by atoms with Crippen molar-refractivity contribution in [1.82, 2.24) is 0 Å². The molecule has 0 aliphatic carbocycles. The number of aliphatic hydroxyl groups excluding tert-OH is 1. The minimum absolute atomic E-state index is 0.0693. The average Bonchev–Trinajstić information content (AvgIpc) is 2.25. The number of ether oxygens (including phenoxy) is 1. The first-order valence-corrected chi connectivity index (χ1v) is 4.55. The molecule has 0 saturated carbocycles. The Morgan fingerprint density at radius 1 is 1.25 bits per heavy atom. The van der Waals surface area contributed by atoms with E-state index in [-0.39, 0.29) is 19.0 Å². The summed E-state index contributed by atoms with van der Waals surface area (Å²) in [4.78, 5) is 0. The van der Waals surface area contributed by atoms with Crippen LogP contribution in [0.25, 0.3) is 5.76 Å². The van der Waals surface area contributed by atoms with Gasteiger partial charge in [-0.3, -0.25) is 0 Å². The summed E-state index contributed by atoms with van der Waals surface area (Å²) in [6.45, 7) is 3.44. The van der Waals surface area contributed by atoms with Crippen LogP contribution in [0, 0.1) is 0 Å². The molecule has 1 aromatic rings. The fraction of sp³-hybridized carbons (Fsp3) is 0.273. The van der Waals surface area contributed by atoms with Gasteiger partial charge in [0, 0.05) is 5.56 Å². The highest BCUT2D eigenvalue weighted by atomic mass is 19.4. The number of aliphatic hydroxyl groups is 1. The minimum Gasteiger partial charge on any atom is -0.491 e. The molecule has 1 N–H and O–H groups in total. The molecule has 0 radical (unpaired) electrons. The third kappa shape index (κ3) is 3.27. The van der Waals surface area contributed by atoms with Crippen LogP contribution in [0.4, 0.5) is 13.2 Å². The van der Waals surface area contributed by atoms with Crippen molar-refractivity contribution >= 4 is 5.76 Å². The Balaban J connectivity index is 2.75. The van der Waals surface area contributed by atoms with Gasteiger partial charge in [-0.1, -0.05) is 18.7 Å². The summed E-state index contributed by atoms with van der Waals surface area (Å²) >= 11 is 0. The molecule has 0 bridgehead atoms. The second-order valence-electron chi connectivity index (χ2n) is 3.07. The van der Waals surface area contributed by atoms with Crippen LogP contribution < -0.4 is 0 Å². The highest BCUT2D eigenvalue weighted by molar-refractivity contribution is 5.57. The number of rotatable bonds is 4. The number of hydrogen-bond acceptors (Lipinski definition) is 2. The molecule has 2 nitrogen and oxygen atoms in total. The molecule has 0 unspecified atom stereocenters. The number of hydrogen-bond donors (Lipinski definition) is 1. The van der Waals surface area contributed by atoms with Crippen molar-refractivity contribution in [2.24, 2.45) is 0 Å². The van der Waals surface area contributed by atoms with E-state index in [1.165, 1.54) is 12.1 Å². The van der Waals surface area contributed by atoms with Crippen LogP contribution in [0.15, 0.2) is 30.8 Å². The molecule has 88 valence electrons. The normalized spacial score (nSPS) is 11.2. The van der Waals surface area contributed by atoms with E-state index in [4.69, 9.17) is 9.84 Å². The lowest BCUT2D eigenvalue weighted by Gasteiger charge is -2.10. The van der Waals surface area contributed by atoms with Crippen LogP contribution in [-0.2, 0) is 10.9 Å². The monoisotopic (exact) mass is 232 g/mol. The van der Waals surface area contributed by atoms with Crippen LogP contribution in [0.5, 0.6) is 0 Å². The van der Waals surface area contributed by atoms with Gasteiger partial charge in [-0.05, 0) is 12.1 Å². The molecular formula is C11H11F3O2. The van der Waals surface area contributed by atoms with Crippen LogP contribution in [0.3, 0.4) is 0 Å². The predicted molar refractivity (Wildman–Crippen MR) is 53.5 cm³/mol. The lowest BCUT2D eigenvalue weighted by Crippen LogP contribution is -2.04. The first-order valence-electron chi connectivity index (χ1n) is 4.55. The zero-order valence-electron chi connectivity index (χ0n) is 8.42. The summed E-state index contributed by atoms with van der Waals surface area (Å²) in [7, 11) is 0. The topological polar surface area (TPSA) is 29.5 Å². The fourth-order valence-corrected chi connectivity index (χ4v) is 1.10. The Morgan fingerprint density at radius 2 is 1.81 bits per heavy atom. The molecule has 1 aromatic carbocycles. The summed E-state index contributed by atoms with van der Waals surface area (Å²) in [5, 5.41) is 8.50. The van der Waals surface area contributed by atoms with E-state index in [1.807, 2.05) is 0 Å². The first kappa shape index (κ1) is 12.6. The summed E-state index contributed by atoms with van der Waals surface area (Å²) in [5.74, 6) is 0.239. The summed E-state index contributed by atoms with van der Waals surface area (Å²) in [6, 6.07) is 4.48. The number of alkyl halides is 3. The van der Waals surface area contributed by atoms with E-state index in [1.54, 1.807) is 0 Å². The van der Waals surface area contributed by atoms with Gasteiger partial charge in [0.25, 0.3) is 0 Å². The van der Waals surface area contributed by atoms with E-state index in [0.29, 0.717) is 5.56 Å². The Hall–Kier alpha value is -1.49. The van der Waals surface area contributed by atoms with Gasteiger partial charge in [-0.25, -0.2) is 0 Å². The largest absolute Gasteiger partial charge is 0.491 e. The van der Waals surface area contributed by atoms with Crippen molar-refractivity contribution in [3.05, 3.63) is 42.0 Å². The molecule has 0 amide bonds. The lowest BCUT2D eigenvalue weighted by atomic mass is 10.1. The van der Waals surface area contributed by atoms with Gasteiger partial charge in [0.15, 0.2) is 0 Å². The molecule has 0 aliphatic heterocycles. The third-order valence-corrected chi connectivity index (χ3v) is 1.90. The molecular weight excluding hydrogens is 221 g/mol. The van der Waals surface area contributed by atoms with E-state index in [0.717, 1.165) is 12.1 Å². The Morgan fingerprint density at radius 3 is 2.25 bits per heavy atom. The standard InChI is InChI=1S/C11H11F3O2/c1-8(16-7-6-15)9-2-4-10(5-3-9)11(12,13)14/h2-5,15H,1,6-7H2. The molecule has 0 atom stereocenters. The molecule has 16 heavy (non-hydrogen) atoms. The molecule has 0 fully saturated rings. The maximum atomic E-state index is 12.2. The molecule has 0 aromatic heterocycles. The second kappa shape index (κ2) is 5.03. The van der Waals surface area contributed by atoms with Crippen molar-refractivity contribution in [1.29, 1.82) is 0 Å². The van der Waals surface area contributed by atoms with Crippen molar-refractivity contribution in [2.75, 3.05) is 13.2 Å². The zero-order chi connectivity index (χ0) is 12.2. The molecule has 0 aliphatic rings. The Kier molecular flexibility index (Phi) is 3.95. The number of halogens is 3. The fourth-order valence-electron chi connectivity index (χ4n) is 1.10. The van der Waals surface area contributed by atoms with Gasteiger partial charge in [-0.2, -0.15) is 13.2 Å². The highest BCUT2D eigenvalue weighted by Gasteiger charge is 2.29. The summed E-state index contributed by atoms with van der Waals surface area (Å²) < 4.78 is 41.7. The Bertz CT molecular complexity index is 354. The van der Waals surface area contributed by atoms with Crippen molar-refractivity contribution in [3.63, 3.8) is 0 Å². The van der Waals surface area contributed by atoms with E-state index in [2.05, 4.69) is 6.58 Å². The van der Waals surface area contributed by atoms with Gasteiger partial charge < -0.3 is 9.84 Å². The predicted octanol–water partition coefficient (Wildman–Crippen LogP) is 2.69. The van der Waals surface area contributed by atoms with Gasteiger partial charge >= 0.3 is 6.18 Å². The van der Waals surface area contributed by atoms with Gasteiger partial charge in [0.05, 0.1) is 12.2 Å². The maximum Gasteiger partial charge on any atom is 0.416 e. The SMILES string of the molecule is C=C(OCCO)c1ccc(C(F)(F)F)cc1. The van der Waals surface area contributed by atoms with Gasteiger partial charge in [0.1, 0.15) is 12.4 Å². The molecule has 0 spiro atoms. The quantitative estimate of drug-likeness (QED) is 0.809. The minimum atomic E-state index is -4.34. The van der Waals surface area contributed by atoms with E-state index in [9.17, 15) is 13.2 Å². The van der Waals surface area contributed by atoms with Crippen LogP contribution in [0.1, 0.15) is 11.1 Å². The van der Waals surface area contributed by atoms with Gasteiger partial charge in [-0.15, -0.1) is 0 Å². The smallest absolute Gasteiger partial charge is 0.416 e. The van der Waals surface area contributed by atoms with Crippen molar-refractivity contribution in [3.8, 4) is 0 Å². The van der Waals surface area contributed by atoms with Crippen molar-refractivity contribution < 1.29 is 23.0 Å². The Labute approximate surface area is 91.0 Å². The lowest BCUT2D eigenvalue weighted by molar-refractivity contribution is -0.137. The molecule has 0 heterocycles. The third-order valence-electron chi connectivity index (χ3n) is 1.90. The second-order valence-corrected chi connectivity index (χ2v) is 3.07. The molecule has 5 heteroatoms. The maximum absolute atomic E-state index is 12.2. The summed E-state index contributed by atoms with van der Waals surface area (Å²) in [6.07, 6.45) is -4.34.